The molecule has 2 aromatic carbocycles. The topological polar surface area (TPSA) is 211 Å². The number of piperidine rings is 1. The fraction of sp³-hybridized carbons (Fsp3) is 0.317. The summed E-state index contributed by atoms with van der Waals surface area (Å²) in [7, 11) is 0. The number of piperazine rings is 1. The number of hydrogen-bond donors (Lipinski definition) is 5. The van der Waals surface area contributed by atoms with Crippen LogP contribution in [0.5, 0.6) is 5.75 Å². The molecule has 4 aromatic rings. The molecule has 1 atom stereocenters. The second kappa shape index (κ2) is 16.8. The lowest BCUT2D eigenvalue weighted by Gasteiger charge is -2.36. The van der Waals surface area contributed by atoms with E-state index in [0.717, 1.165) is 42.5 Å². The van der Waals surface area contributed by atoms with E-state index in [9.17, 15) is 29.1 Å². The first-order valence-electron chi connectivity index (χ1n) is 18.9. The fourth-order valence-electron chi connectivity index (χ4n) is 6.88. The molecule has 17 heteroatoms. The number of ether oxygens (including phenoxy) is 1. The van der Waals surface area contributed by atoms with Crippen molar-refractivity contribution in [1.29, 1.82) is 0 Å². The number of benzene rings is 2. The molecule has 0 bridgehead atoms. The summed E-state index contributed by atoms with van der Waals surface area (Å²) in [5.74, 6) is -1.23. The van der Waals surface area contributed by atoms with Gasteiger partial charge in [0.15, 0.2) is 0 Å². The van der Waals surface area contributed by atoms with Gasteiger partial charge in [0.1, 0.15) is 41.2 Å². The molecule has 300 valence electrons. The minimum Gasteiger partial charge on any atom is -0.492 e. The Bertz CT molecular complexity index is 2250. The third-order valence-corrected chi connectivity index (χ3v) is 10.0. The summed E-state index contributed by atoms with van der Waals surface area (Å²) < 4.78 is 5.98. The maximum atomic E-state index is 13.2. The molecular weight excluding hydrogens is 745 g/mol. The van der Waals surface area contributed by atoms with Crippen LogP contribution in [0.2, 0.25) is 0 Å². The molecular formula is C41H44N10O7. The Hall–Kier alpha value is -6.72. The smallest absolute Gasteiger partial charge is 0.262 e. The average molecular weight is 789 g/mol. The van der Waals surface area contributed by atoms with Crippen LogP contribution in [0.4, 0.5) is 29.0 Å². The van der Waals surface area contributed by atoms with Crippen LogP contribution in [-0.2, 0) is 15.2 Å². The second-order valence-electron chi connectivity index (χ2n) is 14.6. The number of nitrogens with one attached hydrogen (secondary N) is 4. The van der Waals surface area contributed by atoms with Crippen molar-refractivity contribution in [2.75, 3.05) is 61.4 Å². The maximum absolute atomic E-state index is 13.2. The molecule has 2 aromatic heterocycles. The van der Waals surface area contributed by atoms with Gasteiger partial charge in [0.2, 0.25) is 17.8 Å². The molecule has 2 saturated heterocycles. The van der Waals surface area contributed by atoms with Crippen LogP contribution in [0, 0.1) is 0 Å². The molecule has 2 fully saturated rings. The number of nitrogens with zero attached hydrogens (tertiary/aromatic N) is 6. The summed E-state index contributed by atoms with van der Waals surface area (Å²) in [6, 6.07) is 16.8. The van der Waals surface area contributed by atoms with E-state index in [2.05, 4.69) is 52.6 Å². The van der Waals surface area contributed by atoms with Crippen molar-refractivity contribution >= 4 is 58.5 Å². The zero-order valence-electron chi connectivity index (χ0n) is 32.2. The number of imide groups is 2. The zero-order valence-corrected chi connectivity index (χ0v) is 32.2. The molecule has 17 nitrogen and oxygen atoms in total. The van der Waals surface area contributed by atoms with E-state index in [-0.39, 0.29) is 53.8 Å². The number of anilines is 5. The standard InChI is InChI=1S/C41H44N10O7/c1-4-16-42-36(53)30-24-43-40(48-35(30)46-33-7-5-6-32(45-33)41(2,3)57)44-25-8-10-26(11-9-25)50-19-17-49(18-20-50)21-22-58-27-12-13-28-29(23-27)39(56)51(38(28)55)31-14-15-34(52)47-37(31)54/h4-13,23-24,31,57H,1,14-22H2,2-3H3,(H,42,53)(H,47,52,54)(H2,43,44,45,46,48). The number of fused-ring (bicyclic) bond motifs is 1. The van der Waals surface area contributed by atoms with Crippen LogP contribution in [0.25, 0.3) is 0 Å². The molecule has 0 radical (unpaired) electrons. The van der Waals surface area contributed by atoms with Gasteiger partial charge in [0.05, 0.1) is 16.8 Å². The predicted molar refractivity (Wildman–Crippen MR) is 214 cm³/mol. The highest BCUT2D eigenvalue weighted by atomic mass is 16.5. The lowest BCUT2D eigenvalue weighted by molar-refractivity contribution is -0.136. The summed E-state index contributed by atoms with van der Waals surface area (Å²) in [5.41, 5.74) is 1.69. The Balaban J connectivity index is 0.913. The van der Waals surface area contributed by atoms with Gasteiger partial charge in [-0.25, -0.2) is 9.97 Å². The van der Waals surface area contributed by atoms with E-state index in [1.807, 2.05) is 24.3 Å². The third-order valence-electron chi connectivity index (χ3n) is 10.0. The second-order valence-corrected chi connectivity index (χ2v) is 14.6. The molecule has 3 aliphatic heterocycles. The molecule has 0 aliphatic carbocycles. The monoisotopic (exact) mass is 788 g/mol. The van der Waals surface area contributed by atoms with E-state index in [0.29, 0.717) is 30.4 Å². The SMILES string of the molecule is C=CCNC(=O)c1cnc(Nc2ccc(N3CCN(CCOc4ccc5c(c4)C(=O)N(C4CCC(=O)NC4=O)C5=O)CC3)cc2)nc1Nc1cccc(C(C)(C)O)n1. The number of carbonyl (C=O) groups excluding carboxylic acids is 5. The number of carbonyl (C=O) groups is 5. The number of aromatic nitrogens is 3. The lowest BCUT2D eigenvalue weighted by Crippen LogP contribution is -2.54. The van der Waals surface area contributed by atoms with Crippen molar-refractivity contribution in [3.8, 4) is 5.75 Å². The van der Waals surface area contributed by atoms with E-state index >= 15 is 0 Å². The predicted octanol–water partition coefficient (Wildman–Crippen LogP) is 3.10. The van der Waals surface area contributed by atoms with Crippen LogP contribution in [0.3, 0.4) is 0 Å². The molecule has 0 saturated carbocycles. The summed E-state index contributed by atoms with van der Waals surface area (Å²) in [6.07, 6.45) is 3.17. The van der Waals surface area contributed by atoms with Crippen molar-refractivity contribution in [2.24, 2.45) is 0 Å². The summed E-state index contributed by atoms with van der Waals surface area (Å²) in [4.78, 5) is 82.0. The zero-order chi connectivity index (χ0) is 41.0. The number of aliphatic hydroxyl groups is 1. The highest BCUT2D eigenvalue weighted by molar-refractivity contribution is 6.23. The van der Waals surface area contributed by atoms with E-state index in [1.165, 1.54) is 12.3 Å². The molecule has 5 heterocycles. The van der Waals surface area contributed by atoms with E-state index in [1.54, 1.807) is 50.3 Å². The quantitative estimate of drug-likeness (QED) is 0.0919. The van der Waals surface area contributed by atoms with Gasteiger partial charge in [-0.05, 0) is 74.9 Å². The Labute approximate surface area is 334 Å². The van der Waals surface area contributed by atoms with Crippen molar-refractivity contribution in [2.45, 2.75) is 38.3 Å². The van der Waals surface area contributed by atoms with Gasteiger partial charge in [-0.2, -0.15) is 4.98 Å². The van der Waals surface area contributed by atoms with Crippen molar-refractivity contribution in [3.63, 3.8) is 0 Å². The Morgan fingerprint density at radius 3 is 2.47 bits per heavy atom. The minimum atomic E-state index is -1.16. The number of rotatable bonds is 14. The molecule has 1 unspecified atom stereocenters. The first kappa shape index (κ1) is 39.5. The van der Waals surface area contributed by atoms with Crippen molar-refractivity contribution in [3.05, 3.63) is 102 Å². The van der Waals surface area contributed by atoms with Gasteiger partial charge >= 0.3 is 0 Å². The molecule has 5 N–H and O–H groups in total. The number of hydrogen-bond acceptors (Lipinski definition) is 14. The lowest BCUT2D eigenvalue weighted by atomic mass is 10.0. The van der Waals surface area contributed by atoms with Crippen LogP contribution in [0.15, 0.2) is 79.5 Å². The highest BCUT2D eigenvalue weighted by Gasteiger charge is 2.44. The summed E-state index contributed by atoms with van der Waals surface area (Å²) >= 11 is 0. The average Bonchev–Trinajstić information content (AvgIpc) is 3.45. The van der Waals surface area contributed by atoms with Gasteiger partial charge in [0.25, 0.3) is 17.7 Å². The largest absolute Gasteiger partial charge is 0.492 e. The van der Waals surface area contributed by atoms with Gasteiger partial charge < -0.3 is 30.7 Å². The van der Waals surface area contributed by atoms with Crippen molar-refractivity contribution in [1.82, 2.24) is 35.4 Å². The van der Waals surface area contributed by atoms with E-state index < -0.39 is 35.3 Å². The Morgan fingerprint density at radius 1 is 0.983 bits per heavy atom. The van der Waals surface area contributed by atoms with E-state index in [4.69, 9.17) is 4.74 Å². The van der Waals surface area contributed by atoms with Gasteiger partial charge in [-0.3, -0.25) is 39.1 Å². The highest BCUT2D eigenvalue weighted by Crippen LogP contribution is 2.31. The van der Waals surface area contributed by atoms with Crippen LogP contribution in [-0.4, -0.2) is 111 Å². The third kappa shape index (κ3) is 8.80. The maximum Gasteiger partial charge on any atom is 0.262 e. The van der Waals surface area contributed by atoms with Gasteiger partial charge in [0, 0.05) is 63.3 Å². The van der Waals surface area contributed by atoms with Crippen molar-refractivity contribution < 1.29 is 33.8 Å². The summed E-state index contributed by atoms with van der Waals surface area (Å²) in [5, 5.41) is 21.7. The fourth-order valence-corrected chi connectivity index (χ4v) is 6.88. The number of pyridine rings is 1. The van der Waals surface area contributed by atoms with Crippen LogP contribution < -0.4 is 30.9 Å². The first-order chi connectivity index (χ1) is 27.9. The summed E-state index contributed by atoms with van der Waals surface area (Å²) in [6.45, 7) is 11.5. The first-order valence-corrected chi connectivity index (χ1v) is 18.9. The molecule has 0 spiro atoms. The molecule has 58 heavy (non-hydrogen) atoms. The number of amides is 5. The Kier molecular flexibility index (Phi) is 11.4. The minimum absolute atomic E-state index is 0.0603. The van der Waals surface area contributed by atoms with Gasteiger partial charge in [-0.15, -0.1) is 6.58 Å². The molecule has 5 amide bonds. The van der Waals surface area contributed by atoms with Crippen LogP contribution >= 0.6 is 0 Å². The normalized spacial score (nSPS) is 17.1. The molecule has 3 aliphatic rings. The van der Waals surface area contributed by atoms with Gasteiger partial charge in [-0.1, -0.05) is 12.1 Å². The Morgan fingerprint density at radius 2 is 1.74 bits per heavy atom. The van der Waals surface area contributed by atoms with Crippen LogP contribution in [0.1, 0.15) is 63.5 Å². The molecule has 7 rings (SSSR count).